The Morgan fingerprint density at radius 3 is 2.85 bits per heavy atom. The molecule has 3 N–H and O–H groups in total. The molecule has 1 aromatic heterocycles. The zero-order valence-electron chi connectivity index (χ0n) is 14.8. The molecule has 0 aliphatic carbocycles. The SMILES string of the molecule is COCCn1c(O)c(/C=N\NC(=O)CSC(=S)N2CCCC2)c(=O)[nH]c1=S. The number of ether oxygens (including phenoxy) is 1. The number of rotatable bonds is 7. The second-order valence-electron chi connectivity index (χ2n) is 5.68. The number of carbonyl (C=O) groups is 1. The first-order chi connectivity index (χ1) is 12.9. The molecular formula is C15H21N5O4S3. The third-order valence-electron chi connectivity index (χ3n) is 3.80. The van der Waals surface area contributed by atoms with Crippen molar-refractivity contribution in [2.45, 2.75) is 19.4 Å². The lowest BCUT2D eigenvalue weighted by Gasteiger charge is -2.16. The Hall–Kier alpha value is -1.76. The van der Waals surface area contributed by atoms with Gasteiger partial charge in [-0.2, -0.15) is 5.10 Å². The second kappa shape index (κ2) is 10.5. The van der Waals surface area contributed by atoms with E-state index in [9.17, 15) is 14.7 Å². The van der Waals surface area contributed by atoms with E-state index in [1.807, 2.05) is 0 Å². The molecule has 1 aliphatic rings. The summed E-state index contributed by atoms with van der Waals surface area (Å²) in [5.74, 6) is -0.585. The number of thioether (sulfide) groups is 1. The Bertz CT molecular complexity index is 830. The first-order valence-corrected chi connectivity index (χ1v) is 10.0. The number of thiocarbonyl (C=S) groups is 1. The molecule has 1 aliphatic heterocycles. The monoisotopic (exact) mass is 431 g/mol. The second-order valence-corrected chi connectivity index (χ2v) is 7.68. The number of hydrogen-bond donors (Lipinski definition) is 3. The van der Waals surface area contributed by atoms with Gasteiger partial charge in [0.25, 0.3) is 11.5 Å². The molecule has 1 amide bonds. The lowest BCUT2D eigenvalue weighted by Crippen LogP contribution is -2.27. The summed E-state index contributed by atoms with van der Waals surface area (Å²) in [4.78, 5) is 28.4. The average Bonchev–Trinajstić information content (AvgIpc) is 3.17. The van der Waals surface area contributed by atoms with Gasteiger partial charge in [0.05, 0.1) is 25.1 Å². The number of amides is 1. The number of likely N-dealkylation sites (tertiary alicyclic amines) is 1. The number of hydrazone groups is 1. The Morgan fingerprint density at radius 1 is 1.48 bits per heavy atom. The van der Waals surface area contributed by atoms with Crippen molar-refractivity contribution in [3.05, 3.63) is 20.7 Å². The third kappa shape index (κ3) is 6.13. The number of aromatic hydroxyl groups is 1. The Labute approximate surface area is 170 Å². The highest BCUT2D eigenvalue weighted by atomic mass is 32.2. The van der Waals surface area contributed by atoms with Gasteiger partial charge in [0, 0.05) is 20.2 Å². The summed E-state index contributed by atoms with van der Waals surface area (Å²) in [6.07, 6.45) is 3.30. The van der Waals surface area contributed by atoms with Crippen molar-refractivity contribution in [3.63, 3.8) is 0 Å². The summed E-state index contributed by atoms with van der Waals surface area (Å²) < 4.78 is 7.02. The molecule has 0 atom stereocenters. The van der Waals surface area contributed by atoms with Crippen LogP contribution in [0, 0.1) is 4.77 Å². The number of aromatic amines is 1. The molecule has 0 spiro atoms. The number of H-pyrrole nitrogens is 1. The van der Waals surface area contributed by atoms with Crippen molar-refractivity contribution >= 4 is 52.6 Å². The van der Waals surface area contributed by atoms with Crippen LogP contribution in [-0.4, -0.2) is 68.6 Å². The van der Waals surface area contributed by atoms with Crippen molar-refractivity contribution in [1.29, 1.82) is 0 Å². The van der Waals surface area contributed by atoms with Crippen molar-refractivity contribution in [1.82, 2.24) is 19.9 Å². The van der Waals surface area contributed by atoms with E-state index in [2.05, 4.69) is 20.4 Å². The van der Waals surface area contributed by atoms with Crippen LogP contribution in [-0.2, 0) is 16.1 Å². The lowest BCUT2D eigenvalue weighted by atomic mass is 10.3. The van der Waals surface area contributed by atoms with E-state index in [1.54, 1.807) is 0 Å². The minimum Gasteiger partial charge on any atom is -0.494 e. The van der Waals surface area contributed by atoms with Gasteiger partial charge >= 0.3 is 0 Å². The molecule has 0 bridgehead atoms. The van der Waals surface area contributed by atoms with E-state index < -0.39 is 5.56 Å². The molecule has 1 aromatic rings. The number of aromatic nitrogens is 2. The minimum absolute atomic E-state index is 0.0718. The Kier molecular flexibility index (Phi) is 8.41. The van der Waals surface area contributed by atoms with Crippen LogP contribution in [0.3, 0.4) is 0 Å². The van der Waals surface area contributed by atoms with E-state index >= 15 is 0 Å². The van der Waals surface area contributed by atoms with Gasteiger partial charge in [-0.25, -0.2) is 5.43 Å². The van der Waals surface area contributed by atoms with Crippen LogP contribution in [0.15, 0.2) is 9.90 Å². The molecule has 27 heavy (non-hydrogen) atoms. The molecule has 0 saturated carbocycles. The molecule has 0 unspecified atom stereocenters. The standard InChI is InChI=1S/C15H21N5O4S3/c1-24-7-6-20-13(23)10(12(22)17-14(20)25)8-16-18-11(21)9-27-15(26)19-4-2-3-5-19/h8,23H,2-7,9H2,1H3,(H,18,21)(H,17,22,25)/b16-8-. The quantitative estimate of drug-likeness (QED) is 0.331. The minimum atomic E-state index is -0.603. The summed E-state index contributed by atoms with van der Waals surface area (Å²) in [5, 5.41) is 14.0. The van der Waals surface area contributed by atoms with Crippen LogP contribution in [0.25, 0.3) is 0 Å². The summed E-state index contributed by atoms with van der Waals surface area (Å²) in [7, 11) is 1.51. The van der Waals surface area contributed by atoms with Gasteiger partial charge < -0.3 is 14.7 Å². The molecule has 9 nitrogen and oxygen atoms in total. The molecule has 0 radical (unpaired) electrons. The van der Waals surface area contributed by atoms with E-state index in [4.69, 9.17) is 29.2 Å². The predicted octanol–water partition coefficient (Wildman–Crippen LogP) is 0.822. The maximum absolute atomic E-state index is 12.0. The van der Waals surface area contributed by atoms with Crippen molar-refractivity contribution < 1.29 is 14.6 Å². The summed E-state index contributed by atoms with van der Waals surface area (Å²) in [6, 6.07) is 0. The Balaban J connectivity index is 1.94. The normalized spacial score (nSPS) is 14.0. The van der Waals surface area contributed by atoms with E-state index in [-0.39, 0.29) is 34.4 Å². The zero-order chi connectivity index (χ0) is 19.8. The maximum Gasteiger partial charge on any atom is 0.264 e. The van der Waals surface area contributed by atoms with Gasteiger partial charge in [-0.15, -0.1) is 0 Å². The number of carbonyl (C=O) groups excluding carboxylic acids is 1. The number of nitrogens with zero attached hydrogens (tertiary/aromatic N) is 3. The van der Waals surface area contributed by atoms with Gasteiger partial charge in [0.2, 0.25) is 5.88 Å². The topological polar surface area (TPSA) is 112 Å². The van der Waals surface area contributed by atoms with Crippen LogP contribution in [0.4, 0.5) is 0 Å². The number of methoxy groups -OCH3 is 1. The van der Waals surface area contributed by atoms with Gasteiger partial charge in [-0.3, -0.25) is 19.1 Å². The van der Waals surface area contributed by atoms with Crippen molar-refractivity contribution in [2.24, 2.45) is 5.10 Å². The zero-order valence-corrected chi connectivity index (χ0v) is 17.2. The highest BCUT2D eigenvalue weighted by Crippen LogP contribution is 2.16. The molecule has 0 aromatic carbocycles. The van der Waals surface area contributed by atoms with Crippen LogP contribution in [0.5, 0.6) is 5.88 Å². The Morgan fingerprint density at radius 2 is 2.19 bits per heavy atom. The first kappa shape index (κ1) is 21.5. The van der Waals surface area contributed by atoms with Crippen LogP contribution >= 0.6 is 36.2 Å². The van der Waals surface area contributed by atoms with Crippen LogP contribution in [0.2, 0.25) is 0 Å². The fourth-order valence-corrected chi connectivity index (χ4v) is 3.71. The van der Waals surface area contributed by atoms with Crippen LogP contribution in [0.1, 0.15) is 18.4 Å². The van der Waals surface area contributed by atoms with Gasteiger partial charge in [0.1, 0.15) is 9.88 Å². The average molecular weight is 432 g/mol. The number of hydrogen-bond acceptors (Lipinski definition) is 8. The number of nitrogens with one attached hydrogen (secondary N) is 2. The summed E-state index contributed by atoms with van der Waals surface area (Å²) >= 11 is 11.6. The molecular weight excluding hydrogens is 410 g/mol. The molecule has 1 saturated heterocycles. The largest absolute Gasteiger partial charge is 0.494 e. The van der Waals surface area contributed by atoms with Crippen molar-refractivity contribution in [3.8, 4) is 5.88 Å². The first-order valence-electron chi connectivity index (χ1n) is 8.22. The van der Waals surface area contributed by atoms with Gasteiger partial charge in [0.15, 0.2) is 4.77 Å². The molecule has 148 valence electrons. The third-order valence-corrected chi connectivity index (χ3v) is 5.65. The van der Waals surface area contributed by atoms with E-state index in [0.29, 0.717) is 10.9 Å². The molecule has 12 heteroatoms. The lowest BCUT2D eigenvalue weighted by molar-refractivity contribution is -0.118. The smallest absolute Gasteiger partial charge is 0.264 e. The molecule has 2 heterocycles. The fraction of sp³-hybridized carbons (Fsp3) is 0.533. The summed E-state index contributed by atoms with van der Waals surface area (Å²) in [5.41, 5.74) is 1.60. The van der Waals surface area contributed by atoms with Crippen molar-refractivity contribution in [2.75, 3.05) is 32.6 Å². The van der Waals surface area contributed by atoms with Gasteiger partial charge in [-0.1, -0.05) is 24.0 Å². The predicted molar refractivity (Wildman–Crippen MR) is 111 cm³/mol. The van der Waals surface area contributed by atoms with Gasteiger partial charge in [-0.05, 0) is 25.1 Å². The molecule has 1 fully saturated rings. The molecule has 2 rings (SSSR count). The van der Waals surface area contributed by atoms with E-state index in [0.717, 1.165) is 32.1 Å². The highest BCUT2D eigenvalue weighted by molar-refractivity contribution is 8.23. The van der Waals surface area contributed by atoms with Crippen LogP contribution < -0.4 is 11.0 Å². The summed E-state index contributed by atoms with van der Waals surface area (Å²) in [6.45, 7) is 2.41. The maximum atomic E-state index is 12.0. The fourth-order valence-electron chi connectivity index (χ4n) is 2.40. The van der Waals surface area contributed by atoms with E-state index in [1.165, 1.54) is 23.4 Å². The highest BCUT2D eigenvalue weighted by Gasteiger charge is 2.16.